The Hall–Kier alpha value is -1.82. The second-order valence-corrected chi connectivity index (χ2v) is 4.57. The molecule has 2 heterocycles. The maximum atomic E-state index is 12.0. The highest BCUT2D eigenvalue weighted by atomic mass is 16.5. The fourth-order valence-electron chi connectivity index (χ4n) is 1.86. The monoisotopic (exact) mass is 251 g/mol. The first-order chi connectivity index (χ1) is 8.54. The van der Waals surface area contributed by atoms with Crippen molar-refractivity contribution in [2.45, 2.75) is 26.0 Å². The quantitative estimate of drug-likeness (QED) is 0.824. The average molecular weight is 251 g/mol. The summed E-state index contributed by atoms with van der Waals surface area (Å²) < 4.78 is 5.14. The molecule has 1 atom stereocenters. The summed E-state index contributed by atoms with van der Waals surface area (Å²) in [5, 5.41) is 13.7. The first-order valence-electron chi connectivity index (χ1n) is 5.88. The van der Waals surface area contributed by atoms with Gasteiger partial charge in [0.25, 0.3) is 0 Å². The summed E-state index contributed by atoms with van der Waals surface area (Å²) in [7, 11) is 0. The molecule has 18 heavy (non-hydrogen) atoms. The predicted octanol–water partition coefficient (Wildman–Crippen LogP) is 1.54. The molecule has 1 N–H and O–H groups in total. The number of nitrogens with zero attached hydrogens (tertiary/aromatic N) is 3. The lowest BCUT2D eigenvalue weighted by Crippen LogP contribution is -2.35. The zero-order valence-electron chi connectivity index (χ0n) is 10.5. The molecule has 1 aliphatic rings. The number of aliphatic hydroxyl groups excluding tert-OH is 1. The first-order valence-corrected chi connectivity index (χ1v) is 5.88. The molecule has 0 radical (unpaired) electrons. The third-order valence-electron chi connectivity index (χ3n) is 2.84. The number of carbonyl (C=O) groups excluding carboxylic acids is 1. The number of hydrogen-bond acceptors (Lipinski definition) is 4. The third kappa shape index (κ3) is 2.11. The number of anilines is 1. The minimum atomic E-state index is -0.900. The van der Waals surface area contributed by atoms with E-state index in [1.807, 2.05) is 13.8 Å². The fraction of sp³-hybridized carbons (Fsp3) is 0.500. The summed E-state index contributed by atoms with van der Waals surface area (Å²) >= 11 is 0. The van der Waals surface area contributed by atoms with Crippen molar-refractivity contribution >= 4 is 11.8 Å². The summed E-state index contributed by atoms with van der Waals surface area (Å²) in [5.74, 6) is 1.22. The maximum Gasteiger partial charge on any atom is 0.328 e. The van der Waals surface area contributed by atoms with Crippen LogP contribution in [0.15, 0.2) is 23.2 Å². The highest BCUT2D eigenvalue weighted by Crippen LogP contribution is 2.26. The standard InChI is InChI=1S/C12H17N3O3/c1-4-5-14-7-11(16)15(12(14)17)10-6-9(8(2)3)18-13-10/h4,6,8,11,16H,1,5,7H2,2-3H3. The van der Waals surface area contributed by atoms with Crippen LogP contribution in [0, 0.1) is 0 Å². The molecule has 2 rings (SSSR count). The lowest BCUT2D eigenvalue weighted by Gasteiger charge is -2.15. The summed E-state index contributed by atoms with van der Waals surface area (Å²) in [6, 6.07) is 1.40. The zero-order valence-corrected chi connectivity index (χ0v) is 10.5. The second-order valence-electron chi connectivity index (χ2n) is 4.57. The van der Waals surface area contributed by atoms with E-state index in [9.17, 15) is 9.90 Å². The number of rotatable bonds is 4. The van der Waals surface area contributed by atoms with Crippen molar-refractivity contribution in [2.24, 2.45) is 0 Å². The van der Waals surface area contributed by atoms with Crippen molar-refractivity contribution in [3.63, 3.8) is 0 Å². The van der Waals surface area contributed by atoms with E-state index >= 15 is 0 Å². The lowest BCUT2D eigenvalue weighted by molar-refractivity contribution is 0.179. The van der Waals surface area contributed by atoms with Gasteiger partial charge >= 0.3 is 6.03 Å². The Morgan fingerprint density at radius 3 is 3.00 bits per heavy atom. The molecular formula is C12H17N3O3. The Morgan fingerprint density at radius 1 is 1.72 bits per heavy atom. The number of urea groups is 1. The van der Waals surface area contributed by atoms with Gasteiger partial charge in [0.1, 0.15) is 5.76 Å². The van der Waals surface area contributed by atoms with E-state index in [-0.39, 0.29) is 18.5 Å². The molecule has 2 amide bonds. The Kier molecular flexibility index (Phi) is 3.38. The molecule has 98 valence electrons. The Balaban J connectivity index is 2.21. The van der Waals surface area contributed by atoms with Gasteiger partial charge in [-0.1, -0.05) is 25.1 Å². The summed E-state index contributed by atoms with van der Waals surface area (Å²) in [4.78, 5) is 14.8. The molecular weight excluding hydrogens is 234 g/mol. The van der Waals surface area contributed by atoms with Crippen LogP contribution >= 0.6 is 0 Å². The van der Waals surface area contributed by atoms with Gasteiger partial charge in [-0.3, -0.25) is 0 Å². The molecule has 0 aliphatic carbocycles. The number of hydrogen-bond donors (Lipinski definition) is 1. The molecule has 6 heteroatoms. The zero-order chi connectivity index (χ0) is 13.3. The van der Waals surface area contributed by atoms with Crippen LogP contribution in [0.3, 0.4) is 0 Å². The van der Waals surface area contributed by atoms with Crippen LogP contribution in [-0.4, -0.2) is 40.5 Å². The van der Waals surface area contributed by atoms with Gasteiger partial charge in [-0.2, -0.15) is 0 Å². The fourth-order valence-corrected chi connectivity index (χ4v) is 1.86. The molecule has 0 saturated carbocycles. The number of aromatic nitrogens is 1. The van der Waals surface area contributed by atoms with Gasteiger partial charge < -0.3 is 14.5 Å². The number of amides is 2. The Morgan fingerprint density at radius 2 is 2.44 bits per heavy atom. The average Bonchev–Trinajstić information content (AvgIpc) is 2.86. The molecule has 1 aliphatic heterocycles. The van der Waals surface area contributed by atoms with Crippen molar-refractivity contribution < 1.29 is 14.4 Å². The van der Waals surface area contributed by atoms with Crippen LogP contribution in [0.1, 0.15) is 25.5 Å². The van der Waals surface area contributed by atoms with Crippen molar-refractivity contribution in [3.05, 3.63) is 24.5 Å². The SMILES string of the molecule is C=CCN1CC(O)N(c2cc(C(C)C)on2)C1=O. The van der Waals surface area contributed by atoms with Crippen LogP contribution in [0.4, 0.5) is 10.6 Å². The van der Waals surface area contributed by atoms with Gasteiger partial charge in [0.05, 0.1) is 6.54 Å². The largest absolute Gasteiger partial charge is 0.371 e. The van der Waals surface area contributed by atoms with E-state index in [2.05, 4.69) is 11.7 Å². The van der Waals surface area contributed by atoms with Gasteiger partial charge in [0.15, 0.2) is 12.0 Å². The van der Waals surface area contributed by atoms with Gasteiger partial charge in [-0.25, -0.2) is 9.69 Å². The van der Waals surface area contributed by atoms with E-state index < -0.39 is 6.23 Å². The van der Waals surface area contributed by atoms with Gasteiger partial charge in [-0.05, 0) is 0 Å². The van der Waals surface area contributed by atoms with Gasteiger partial charge in [0, 0.05) is 18.5 Å². The van der Waals surface area contributed by atoms with Crippen molar-refractivity contribution in [3.8, 4) is 0 Å². The van der Waals surface area contributed by atoms with E-state index in [1.54, 1.807) is 12.1 Å². The molecule has 1 unspecified atom stereocenters. The van der Waals surface area contributed by atoms with Crippen molar-refractivity contribution in [2.75, 3.05) is 18.0 Å². The highest BCUT2D eigenvalue weighted by Gasteiger charge is 2.38. The van der Waals surface area contributed by atoms with Crippen LogP contribution in [0.5, 0.6) is 0 Å². The van der Waals surface area contributed by atoms with Gasteiger partial charge in [-0.15, -0.1) is 6.58 Å². The Labute approximate surface area is 105 Å². The molecule has 1 aromatic heterocycles. The van der Waals surface area contributed by atoms with Crippen molar-refractivity contribution in [1.82, 2.24) is 10.1 Å². The Bertz CT molecular complexity index is 455. The van der Waals surface area contributed by atoms with Crippen LogP contribution in [-0.2, 0) is 0 Å². The third-order valence-corrected chi connectivity index (χ3v) is 2.84. The smallest absolute Gasteiger partial charge is 0.328 e. The molecule has 0 spiro atoms. The molecule has 6 nitrogen and oxygen atoms in total. The van der Waals surface area contributed by atoms with E-state index in [4.69, 9.17) is 4.52 Å². The van der Waals surface area contributed by atoms with Gasteiger partial charge in [0.2, 0.25) is 0 Å². The number of carbonyl (C=O) groups is 1. The minimum Gasteiger partial charge on any atom is -0.371 e. The molecule has 1 saturated heterocycles. The first kappa shape index (κ1) is 12.6. The summed E-state index contributed by atoms with van der Waals surface area (Å²) in [5.41, 5.74) is 0. The van der Waals surface area contributed by atoms with E-state index in [0.717, 1.165) is 0 Å². The number of aliphatic hydroxyl groups is 1. The molecule has 0 bridgehead atoms. The van der Waals surface area contributed by atoms with Crippen LogP contribution < -0.4 is 4.90 Å². The van der Waals surface area contributed by atoms with E-state index in [1.165, 1.54) is 9.80 Å². The normalized spacial score (nSPS) is 20.0. The second kappa shape index (κ2) is 4.81. The minimum absolute atomic E-state index is 0.186. The predicted molar refractivity (Wildman–Crippen MR) is 66.2 cm³/mol. The topological polar surface area (TPSA) is 69.8 Å². The van der Waals surface area contributed by atoms with E-state index in [0.29, 0.717) is 18.1 Å². The molecule has 0 aromatic carbocycles. The number of β-amino-alcohol motifs (C(OH)–C–C–N with tert-alkyl or cyclic N) is 1. The lowest BCUT2D eigenvalue weighted by atomic mass is 10.1. The summed E-state index contributed by atoms with van der Waals surface area (Å²) in [6.07, 6.45) is 0.721. The van der Waals surface area contributed by atoms with Crippen LogP contribution in [0.25, 0.3) is 0 Å². The molecule has 1 fully saturated rings. The highest BCUT2D eigenvalue weighted by molar-refractivity contribution is 5.93. The maximum absolute atomic E-state index is 12.0. The molecule has 1 aromatic rings. The van der Waals surface area contributed by atoms with Crippen molar-refractivity contribution in [1.29, 1.82) is 0 Å². The van der Waals surface area contributed by atoms with Crippen LogP contribution in [0.2, 0.25) is 0 Å². The summed E-state index contributed by atoms with van der Waals surface area (Å²) in [6.45, 7) is 8.17.